The van der Waals surface area contributed by atoms with Crippen molar-refractivity contribution in [2.24, 2.45) is 27.3 Å². The Morgan fingerprint density at radius 2 is 1.87 bits per heavy atom. The van der Waals surface area contributed by atoms with Crippen LogP contribution in [0, 0.1) is 17.3 Å². The summed E-state index contributed by atoms with van der Waals surface area (Å²) in [7, 11) is 0. The SMILES string of the molecule is CC1=NN(c2ccccc2)C(=O)[C@@H]1C=Nc1sc2c(c1C(=O)Nc1ccc(Cl)cc1)CC[C@@H](C(C)(C)C)C2. The molecule has 6 nitrogen and oxygen atoms in total. The van der Waals surface area contributed by atoms with Crippen molar-refractivity contribution in [1.82, 2.24) is 0 Å². The summed E-state index contributed by atoms with van der Waals surface area (Å²) in [6.45, 7) is 8.65. The Bertz CT molecular complexity index is 1420. The maximum atomic E-state index is 13.6. The van der Waals surface area contributed by atoms with E-state index in [9.17, 15) is 9.59 Å². The van der Waals surface area contributed by atoms with E-state index >= 15 is 0 Å². The van der Waals surface area contributed by atoms with Crippen LogP contribution in [-0.4, -0.2) is 23.7 Å². The van der Waals surface area contributed by atoms with E-state index < -0.39 is 5.92 Å². The van der Waals surface area contributed by atoms with Gasteiger partial charge in [-0.3, -0.25) is 9.59 Å². The molecule has 2 atom stereocenters. The zero-order valence-corrected chi connectivity index (χ0v) is 23.6. The minimum Gasteiger partial charge on any atom is -0.322 e. The van der Waals surface area contributed by atoms with Crippen LogP contribution in [0.1, 0.15) is 54.9 Å². The number of nitrogens with zero attached hydrogens (tertiary/aromatic N) is 3. The highest BCUT2D eigenvalue weighted by Crippen LogP contribution is 2.45. The van der Waals surface area contributed by atoms with Crippen molar-refractivity contribution in [2.75, 3.05) is 10.3 Å². The number of anilines is 2. The molecule has 0 saturated carbocycles. The fraction of sp³-hybridized carbons (Fsp3) is 0.333. The van der Waals surface area contributed by atoms with E-state index in [2.05, 4.69) is 31.2 Å². The van der Waals surface area contributed by atoms with E-state index in [1.54, 1.807) is 41.8 Å². The predicted molar refractivity (Wildman–Crippen MR) is 157 cm³/mol. The second kappa shape index (κ2) is 10.5. The van der Waals surface area contributed by atoms with Gasteiger partial charge < -0.3 is 5.32 Å². The highest BCUT2D eigenvalue weighted by Gasteiger charge is 2.35. The Balaban J connectivity index is 1.46. The molecule has 0 radical (unpaired) electrons. The van der Waals surface area contributed by atoms with Crippen molar-refractivity contribution in [3.8, 4) is 0 Å². The van der Waals surface area contributed by atoms with Gasteiger partial charge in [-0.1, -0.05) is 50.6 Å². The first-order chi connectivity index (χ1) is 18.1. The van der Waals surface area contributed by atoms with Gasteiger partial charge in [0.05, 0.1) is 17.0 Å². The smallest absolute Gasteiger partial charge is 0.261 e. The molecule has 196 valence electrons. The summed E-state index contributed by atoms with van der Waals surface area (Å²) < 4.78 is 0. The molecule has 2 aromatic carbocycles. The lowest BCUT2D eigenvalue weighted by molar-refractivity contribution is -0.118. The van der Waals surface area contributed by atoms with Crippen molar-refractivity contribution < 1.29 is 9.59 Å². The summed E-state index contributed by atoms with van der Waals surface area (Å²) in [5.74, 6) is -0.398. The largest absolute Gasteiger partial charge is 0.322 e. The minimum absolute atomic E-state index is 0.154. The number of carbonyl (C=O) groups is 2. The fourth-order valence-corrected chi connectivity index (χ4v) is 6.41. The van der Waals surface area contributed by atoms with Gasteiger partial charge in [-0.2, -0.15) is 10.1 Å². The normalized spacial score (nSPS) is 19.6. The van der Waals surface area contributed by atoms with Crippen molar-refractivity contribution in [3.05, 3.63) is 75.6 Å². The average molecular weight is 547 g/mol. The number of fused-ring (bicyclic) bond motifs is 1. The van der Waals surface area contributed by atoms with Gasteiger partial charge in [0.2, 0.25) is 0 Å². The Labute approximate surface area is 232 Å². The number of hydrogen-bond acceptors (Lipinski definition) is 5. The van der Waals surface area contributed by atoms with E-state index in [0.29, 0.717) is 32.9 Å². The third-order valence-corrected chi connectivity index (χ3v) is 8.74. The van der Waals surface area contributed by atoms with Crippen LogP contribution in [0.25, 0.3) is 0 Å². The van der Waals surface area contributed by atoms with Gasteiger partial charge in [-0.15, -0.1) is 11.3 Å². The first-order valence-corrected chi connectivity index (χ1v) is 14.0. The Kier molecular flexibility index (Phi) is 7.25. The lowest BCUT2D eigenvalue weighted by Crippen LogP contribution is -2.27. The molecule has 5 rings (SSSR count). The van der Waals surface area contributed by atoms with Gasteiger partial charge in [0.1, 0.15) is 10.9 Å². The number of hydrazone groups is 1. The van der Waals surface area contributed by atoms with Crippen LogP contribution < -0.4 is 10.3 Å². The average Bonchev–Trinajstić information content (AvgIpc) is 3.39. The quantitative estimate of drug-likeness (QED) is 0.335. The highest BCUT2D eigenvalue weighted by atomic mass is 35.5. The summed E-state index contributed by atoms with van der Waals surface area (Å²) >= 11 is 7.59. The van der Waals surface area contributed by atoms with Crippen LogP contribution in [0.5, 0.6) is 0 Å². The first-order valence-electron chi connectivity index (χ1n) is 12.8. The van der Waals surface area contributed by atoms with E-state index in [1.165, 1.54) is 9.89 Å². The van der Waals surface area contributed by atoms with Crippen LogP contribution in [0.2, 0.25) is 5.02 Å². The van der Waals surface area contributed by atoms with E-state index in [1.807, 2.05) is 37.3 Å². The van der Waals surface area contributed by atoms with Gasteiger partial charge in [-0.25, -0.2) is 4.99 Å². The van der Waals surface area contributed by atoms with Gasteiger partial charge >= 0.3 is 0 Å². The molecule has 3 aromatic rings. The molecule has 1 N–H and O–H groups in total. The Morgan fingerprint density at radius 3 is 2.55 bits per heavy atom. The third kappa shape index (κ3) is 5.31. The number of hydrogen-bond donors (Lipinski definition) is 1. The third-order valence-electron chi connectivity index (χ3n) is 7.32. The number of aliphatic imine (C=N–C) groups is 1. The van der Waals surface area contributed by atoms with Crippen LogP contribution in [-0.2, 0) is 17.6 Å². The van der Waals surface area contributed by atoms with Crippen molar-refractivity contribution in [1.29, 1.82) is 0 Å². The van der Waals surface area contributed by atoms with Gasteiger partial charge in [0.25, 0.3) is 11.8 Å². The molecule has 2 aliphatic rings. The molecule has 0 spiro atoms. The Hall–Kier alpha value is -3.29. The monoisotopic (exact) mass is 546 g/mol. The number of thiophene rings is 1. The van der Waals surface area contributed by atoms with Crippen molar-refractivity contribution >= 4 is 63.1 Å². The molecule has 1 aromatic heterocycles. The van der Waals surface area contributed by atoms with E-state index in [4.69, 9.17) is 16.6 Å². The molecule has 8 heteroatoms. The van der Waals surface area contributed by atoms with Gasteiger partial charge in [0, 0.05) is 21.8 Å². The number of carbonyl (C=O) groups excluding carboxylic acids is 2. The lowest BCUT2D eigenvalue weighted by atomic mass is 9.72. The first kappa shape index (κ1) is 26.3. The number of halogens is 1. The summed E-state index contributed by atoms with van der Waals surface area (Å²) in [5.41, 5.74) is 3.91. The Morgan fingerprint density at radius 1 is 1.16 bits per heavy atom. The minimum atomic E-state index is -0.580. The molecule has 0 saturated heterocycles. The van der Waals surface area contributed by atoms with Crippen LogP contribution >= 0.6 is 22.9 Å². The zero-order valence-electron chi connectivity index (χ0n) is 22.0. The zero-order chi connectivity index (χ0) is 27.0. The molecule has 1 aliphatic carbocycles. The molecule has 0 fully saturated rings. The van der Waals surface area contributed by atoms with Gasteiger partial charge in [0.15, 0.2) is 0 Å². The van der Waals surface area contributed by atoms with Crippen LogP contribution in [0.4, 0.5) is 16.4 Å². The molecule has 2 heterocycles. The molecule has 2 amide bonds. The van der Waals surface area contributed by atoms with Crippen molar-refractivity contribution in [3.63, 3.8) is 0 Å². The summed E-state index contributed by atoms with van der Waals surface area (Å²) in [5, 5.41) is 10.2. The summed E-state index contributed by atoms with van der Waals surface area (Å²) in [6.07, 6.45) is 4.42. The second-order valence-corrected chi connectivity index (χ2v) is 12.5. The molecule has 0 bridgehead atoms. The maximum absolute atomic E-state index is 13.6. The topological polar surface area (TPSA) is 74.1 Å². The maximum Gasteiger partial charge on any atom is 0.261 e. The molecule has 38 heavy (non-hydrogen) atoms. The number of nitrogens with one attached hydrogen (secondary N) is 1. The highest BCUT2D eigenvalue weighted by molar-refractivity contribution is 7.16. The second-order valence-electron chi connectivity index (χ2n) is 10.9. The van der Waals surface area contributed by atoms with Crippen LogP contribution in [0.15, 0.2) is 64.7 Å². The number of rotatable bonds is 5. The molecule has 0 unspecified atom stereocenters. The molecular weight excluding hydrogens is 516 g/mol. The van der Waals surface area contributed by atoms with Crippen LogP contribution in [0.3, 0.4) is 0 Å². The number of para-hydroxylation sites is 1. The van der Waals surface area contributed by atoms with Crippen molar-refractivity contribution in [2.45, 2.75) is 47.0 Å². The van der Waals surface area contributed by atoms with Gasteiger partial charge in [-0.05, 0) is 79.5 Å². The summed E-state index contributed by atoms with van der Waals surface area (Å²) in [4.78, 5) is 32.8. The number of amides is 2. The summed E-state index contributed by atoms with van der Waals surface area (Å²) in [6, 6.07) is 16.4. The standard InChI is InChI=1S/C30H31ClN4O2S/c1-18-24(29(37)35(34-18)22-8-6-5-7-9-22)17-32-28-26(27(36)33-21-13-11-20(31)12-14-21)23-15-10-19(30(2,3)4)16-25(23)38-28/h5-9,11-14,17,19,24H,10,15-16H2,1-4H3,(H,33,36)/t19-,24-/m1/s1. The predicted octanol–water partition coefficient (Wildman–Crippen LogP) is 7.55. The lowest BCUT2D eigenvalue weighted by Gasteiger charge is -2.33. The fourth-order valence-electron chi connectivity index (χ4n) is 5.01. The van der Waals surface area contributed by atoms with E-state index in [-0.39, 0.29) is 17.2 Å². The molecule has 1 aliphatic heterocycles. The molecular formula is C30H31ClN4O2S. The number of benzene rings is 2. The van der Waals surface area contributed by atoms with E-state index in [0.717, 1.165) is 30.5 Å².